The fourth-order valence-corrected chi connectivity index (χ4v) is 3.17. The quantitative estimate of drug-likeness (QED) is 0.397. The summed E-state index contributed by atoms with van der Waals surface area (Å²) in [4.78, 5) is 19.2. The number of hydrogen-bond donors (Lipinski definition) is 2. The minimum absolute atomic E-state index is 0.00384. The topological polar surface area (TPSA) is 101 Å². The van der Waals surface area contributed by atoms with E-state index in [0.717, 1.165) is 16.5 Å². The van der Waals surface area contributed by atoms with Crippen LogP contribution in [0.25, 0.3) is 10.9 Å². The van der Waals surface area contributed by atoms with Crippen LogP contribution in [-0.2, 0) is 0 Å². The normalized spacial score (nSPS) is 11.9. The number of nitro groups is 1. The standard InChI is InChI=1S/C21H16N4O3/c26-18-11-10-17-16(4-3-13-22-17)20(18)21(24-19-5-1-2-12-23-19)14-6-8-15(9-7-14)25(27)28/h1-13,21,26H,(H,23,24). The highest BCUT2D eigenvalue weighted by molar-refractivity contribution is 5.86. The van der Waals surface area contributed by atoms with Gasteiger partial charge in [-0.1, -0.05) is 12.1 Å². The van der Waals surface area contributed by atoms with E-state index >= 15 is 0 Å². The molecule has 7 heteroatoms. The zero-order chi connectivity index (χ0) is 19.5. The van der Waals surface area contributed by atoms with E-state index in [9.17, 15) is 15.2 Å². The molecule has 0 aliphatic heterocycles. The minimum Gasteiger partial charge on any atom is -0.508 e. The van der Waals surface area contributed by atoms with Crippen LogP contribution in [0.3, 0.4) is 0 Å². The first-order valence-electron chi connectivity index (χ1n) is 8.62. The van der Waals surface area contributed by atoms with Gasteiger partial charge < -0.3 is 10.4 Å². The molecule has 28 heavy (non-hydrogen) atoms. The Hall–Kier alpha value is -4.00. The van der Waals surface area contributed by atoms with Crippen molar-refractivity contribution < 1.29 is 10.0 Å². The molecule has 0 saturated carbocycles. The zero-order valence-electron chi connectivity index (χ0n) is 14.7. The first-order chi connectivity index (χ1) is 13.6. The summed E-state index contributed by atoms with van der Waals surface area (Å²) in [5.41, 5.74) is 2.13. The number of non-ortho nitro benzene ring substituents is 1. The second kappa shape index (κ2) is 7.32. The summed E-state index contributed by atoms with van der Waals surface area (Å²) in [6.07, 6.45) is 3.36. The molecule has 0 aliphatic carbocycles. The zero-order valence-corrected chi connectivity index (χ0v) is 14.7. The number of anilines is 1. The minimum atomic E-state index is -0.483. The number of phenolic OH excluding ortho intramolecular Hbond substituents is 1. The monoisotopic (exact) mass is 372 g/mol. The average molecular weight is 372 g/mol. The Morgan fingerprint density at radius 1 is 0.929 bits per heavy atom. The summed E-state index contributed by atoms with van der Waals surface area (Å²) in [6, 6.07) is 18.3. The SMILES string of the molecule is O=[N+]([O-])c1ccc(C(Nc2ccccn2)c2c(O)ccc3ncccc23)cc1. The molecule has 4 aromatic rings. The number of phenols is 1. The fraction of sp³-hybridized carbons (Fsp3) is 0.0476. The van der Waals surface area contributed by atoms with Crippen molar-refractivity contribution in [3.63, 3.8) is 0 Å². The Morgan fingerprint density at radius 2 is 1.71 bits per heavy atom. The smallest absolute Gasteiger partial charge is 0.269 e. The Morgan fingerprint density at radius 3 is 2.43 bits per heavy atom. The van der Waals surface area contributed by atoms with Crippen LogP contribution in [0.5, 0.6) is 5.75 Å². The Labute approximate surface area is 160 Å². The van der Waals surface area contributed by atoms with Crippen molar-refractivity contribution in [2.24, 2.45) is 0 Å². The van der Waals surface area contributed by atoms with Crippen LogP contribution in [-0.4, -0.2) is 20.0 Å². The first-order valence-corrected chi connectivity index (χ1v) is 8.62. The third-order valence-electron chi connectivity index (χ3n) is 4.49. The van der Waals surface area contributed by atoms with Crippen LogP contribution in [0.2, 0.25) is 0 Å². The summed E-state index contributed by atoms with van der Waals surface area (Å²) < 4.78 is 0. The lowest BCUT2D eigenvalue weighted by Gasteiger charge is -2.22. The van der Waals surface area contributed by atoms with Crippen molar-refractivity contribution in [1.29, 1.82) is 0 Å². The molecule has 138 valence electrons. The number of nitro benzene ring substituents is 1. The van der Waals surface area contributed by atoms with Crippen LogP contribution in [0, 0.1) is 10.1 Å². The Kier molecular flexibility index (Phi) is 4.55. The van der Waals surface area contributed by atoms with Crippen LogP contribution >= 0.6 is 0 Å². The second-order valence-electron chi connectivity index (χ2n) is 6.21. The third kappa shape index (κ3) is 3.33. The number of aromatic nitrogens is 2. The van der Waals surface area contributed by atoms with Crippen LogP contribution in [0.4, 0.5) is 11.5 Å². The van der Waals surface area contributed by atoms with Gasteiger partial charge in [-0.2, -0.15) is 0 Å². The number of nitrogens with zero attached hydrogens (tertiary/aromatic N) is 3. The molecule has 1 unspecified atom stereocenters. The summed E-state index contributed by atoms with van der Waals surface area (Å²) in [5.74, 6) is 0.721. The maximum atomic E-state index is 11.0. The van der Waals surface area contributed by atoms with Gasteiger partial charge in [0.25, 0.3) is 5.69 Å². The highest BCUT2D eigenvalue weighted by Crippen LogP contribution is 2.37. The van der Waals surface area contributed by atoms with E-state index < -0.39 is 11.0 Å². The van der Waals surface area contributed by atoms with Gasteiger partial charge in [0.05, 0.1) is 16.5 Å². The summed E-state index contributed by atoms with van der Waals surface area (Å²) >= 11 is 0. The molecule has 0 saturated heterocycles. The first kappa shape index (κ1) is 17.4. The molecular weight excluding hydrogens is 356 g/mol. The maximum absolute atomic E-state index is 11.0. The average Bonchev–Trinajstić information content (AvgIpc) is 2.73. The highest BCUT2D eigenvalue weighted by atomic mass is 16.6. The molecule has 0 radical (unpaired) electrons. The van der Waals surface area contributed by atoms with E-state index in [1.165, 1.54) is 12.1 Å². The molecule has 0 bridgehead atoms. The van der Waals surface area contributed by atoms with Crippen molar-refractivity contribution in [1.82, 2.24) is 9.97 Å². The molecule has 4 rings (SSSR count). The summed E-state index contributed by atoms with van der Waals surface area (Å²) in [6.45, 7) is 0. The number of benzene rings is 2. The second-order valence-corrected chi connectivity index (χ2v) is 6.21. The molecule has 0 amide bonds. The van der Waals surface area contributed by atoms with Crippen molar-refractivity contribution >= 4 is 22.4 Å². The molecule has 2 aromatic heterocycles. The van der Waals surface area contributed by atoms with E-state index in [1.54, 1.807) is 42.7 Å². The van der Waals surface area contributed by atoms with E-state index in [0.29, 0.717) is 11.4 Å². The molecule has 1 atom stereocenters. The third-order valence-corrected chi connectivity index (χ3v) is 4.49. The van der Waals surface area contributed by atoms with E-state index in [-0.39, 0.29) is 11.4 Å². The van der Waals surface area contributed by atoms with Gasteiger partial charge >= 0.3 is 0 Å². The fourth-order valence-electron chi connectivity index (χ4n) is 3.17. The molecular formula is C21H16N4O3. The lowest BCUT2D eigenvalue weighted by molar-refractivity contribution is -0.384. The number of aromatic hydroxyl groups is 1. The molecule has 2 heterocycles. The number of pyridine rings is 2. The van der Waals surface area contributed by atoms with Gasteiger partial charge in [-0.3, -0.25) is 15.1 Å². The number of fused-ring (bicyclic) bond motifs is 1. The predicted molar refractivity (Wildman–Crippen MR) is 106 cm³/mol. The van der Waals surface area contributed by atoms with E-state index in [4.69, 9.17) is 0 Å². The van der Waals surface area contributed by atoms with Crippen molar-refractivity contribution in [3.05, 3.63) is 100 Å². The van der Waals surface area contributed by atoms with Crippen LogP contribution in [0.15, 0.2) is 79.1 Å². The predicted octanol–water partition coefficient (Wildman–Crippen LogP) is 4.45. The van der Waals surface area contributed by atoms with Gasteiger partial charge in [-0.25, -0.2) is 4.98 Å². The van der Waals surface area contributed by atoms with Gasteiger partial charge in [0.2, 0.25) is 0 Å². The van der Waals surface area contributed by atoms with Crippen molar-refractivity contribution in [3.8, 4) is 5.75 Å². The van der Waals surface area contributed by atoms with E-state index in [2.05, 4.69) is 15.3 Å². The number of nitrogens with one attached hydrogen (secondary N) is 1. The molecule has 0 spiro atoms. The highest BCUT2D eigenvalue weighted by Gasteiger charge is 2.22. The summed E-state index contributed by atoms with van der Waals surface area (Å²) in [7, 11) is 0. The molecule has 0 fully saturated rings. The summed E-state index contributed by atoms with van der Waals surface area (Å²) in [5, 5.41) is 25.8. The van der Waals surface area contributed by atoms with Crippen LogP contribution in [0.1, 0.15) is 17.2 Å². The van der Waals surface area contributed by atoms with Crippen LogP contribution < -0.4 is 5.32 Å². The molecule has 7 nitrogen and oxygen atoms in total. The van der Waals surface area contributed by atoms with Gasteiger partial charge in [-0.15, -0.1) is 0 Å². The molecule has 0 aliphatic rings. The largest absolute Gasteiger partial charge is 0.508 e. The lowest BCUT2D eigenvalue weighted by Crippen LogP contribution is -2.14. The Bertz CT molecular complexity index is 1130. The van der Waals surface area contributed by atoms with Gasteiger partial charge in [-0.05, 0) is 48.0 Å². The van der Waals surface area contributed by atoms with Crippen molar-refractivity contribution in [2.45, 2.75) is 6.04 Å². The van der Waals surface area contributed by atoms with Gasteiger partial charge in [0.15, 0.2) is 0 Å². The lowest BCUT2D eigenvalue weighted by atomic mass is 9.94. The number of hydrogen-bond acceptors (Lipinski definition) is 6. The molecule has 2 N–H and O–H groups in total. The molecule has 2 aromatic carbocycles. The number of rotatable bonds is 5. The van der Waals surface area contributed by atoms with E-state index in [1.807, 2.05) is 24.3 Å². The maximum Gasteiger partial charge on any atom is 0.269 e. The van der Waals surface area contributed by atoms with Crippen molar-refractivity contribution in [2.75, 3.05) is 5.32 Å². The van der Waals surface area contributed by atoms with Gasteiger partial charge in [0.1, 0.15) is 11.6 Å². The van der Waals surface area contributed by atoms with Gasteiger partial charge in [0, 0.05) is 35.5 Å². The Balaban J connectivity index is 1.88.